The Bertz CT molecular complexity index is 1390. The van der Waals surface area contributed by atoms with Crippen LogP contribution in [0.3, 0.4) is 0 Å². The molecule has 1 aliphatic rings. The molecule has 0 bridgehead atoms. The van der Waals surface area contributed by atoms with E-state index in [0.29, 0.717) is 28.7 Å². The molecule has 2 N–H and O–H groups in total. The first kappa shape index (κ1) is 23.4. The fourth-order valence-corrected chi connectivity index (χ4v) is 4.54. The van der Waals surface area contributed by atoms with E-state index in [1.54, 1.807) is 12.1 Å². The van der Waals surface area contributed by atoms with Crippen molar-refractivity contribution in [1.29, 1.82) is 0 Å². The van der Waals surface area contributed by atoms with Gasteiger partial charge in [0.15, 0.2) is 11.5 Å². The lowest BCUT2D eigenvalue weighted by atomic mass is 10.1. The highest BCUT2D eigenvalue weighted by atomic mass is 19.4. The molecule has 0 amide bonds. The van der Waals surface area contributed by atoms with Crippen LogP contribution in [-0.2, 0) is 0 Å². The zero-order valence-electron chi connectivity index (χ0n) is 19.1. The van der Waals surface area contributed by atoms with Crippen LogP contribution in [0.4, 0.5) is 17.6 Å². The first-order chi connectivity index (χ1) is 16.6. The summed E-state index contributed by atoms with van der Waals surface area (Å²) in [7, 11) is 0. The summed E-state index contributed by atoms with van der Waals surface area (Å²) in [6.45, 7) is 4.06. The second-order valence-corrected chi connectivity index (χ2v) is 9.04. The van der Waals surface area contributed by atoms with Crippen LogP contribution >= 0.6 is 0 Å². The van der Waals surface area contributed by atoms with E-state index in [2.05, 4.69) is 15.2 Å². The second-order valence-electron chi connectivity index (χ2n) is 9.04. The number of halogens is 4. The molecule has 1 saturated heterocycles. The van der Waals surface area contributed by atoms with Gasteiger partial charge in [0.25, 0.3) is 0 Å². The van der Waals surface area contributed by atoms with Crippen molar-refractivity contribution in [2.45, 2.75) is 44.6 Å². The van der Waals surface area contributed by atoms with E-state index in [1.165, 1.54) is 39.8 Å². The van der Waals surface area contributed by atoms with Gasteiger partial charge < -0.3 is 10.5 Å². The molecule has 1 aromatic carbocycles. The largest absolute Gasteiger partial charge is 0.489 e. The fraction of sp³-hybridized carbons (Fsp3) is 0.375. The lowest BCUT2D eigenvalue weighted by Gasteiger charge is -2.30. The topological polar surface area (TPSA) is 81.6 Å². The molecule has 2 atom stereocenters. The monoisotopic (exact) mass is 488 g/mol. The third kappa shape index (κ3) is 4.53. The summed E-state index contributed by atoms with van der Waals surface area (Å²) >= 11 is 0. The average molecular weight is 488 g/mol. The normalized spacial score (nSPS) is 18.1. The Kier molecular flexibility index (Phi) is 5.84. The number of likely N-dealkylation sites (tertiary alicyclic amines) is 1. The summed E-state index contributed by atoms with van der Waals surface area (Å²) in [5.41, 5.74) is 7.11. The Morgan fingerprint density at radius 1 is 1.11 bits per heavy atom. The van der Waals surface area contributed by atoms with E-state index in [9.17, 15) is 17.6 Å². The zero-order valence-corrected chi connectivity index (χ0v) is 19.1. The van der Waals surface area contributed by atoms with Gasteiger partial charge in [-0.3, -0.25) is 9.30 Å². The Morgan fingerprint density at radius 3 is 2.60 bits per heavy atom. The molecule has 0 saturated carbocycles. The molecular weight excluding hydrogens is 464 g/mol. The van der Waals surface area contributed by atoms with Gasteiger partial charge in [0, 0.05) is 36.8 Å². The fourth-order valence-electron chi connectivity index (χ4n) is 4.54. The molecule has 11 heteroatoms. The van der Waals surface area contributed by atoms with Crippen molar-refractivity contribution in [3.8, 4) is 17.3 Å². The molecule has 3 aromatic heterocycles. The lowest BCUT2D eigenvalue weighted by Crippen LogP contribution is -2.38. The van der Waals surface area contributed by atoms with E-state index in [1.807, 2.05) is 13.8 Å². The summed E-state index contributed by atoms with van der Waals surface area (Å²) in [6.07, 6.45) is -2.79. The van der Waals surface area contributed by atoms with Crippen molar-refractivity contribution in [1.82, 2.24) is 24.5 Å². The van der Waals surface area contributed by atoms with E-state index >= 15 is 0 Å². The Balaban J connectivity index is 1.61. The van der Waals surface area contributed by atoms with Crippen LogP contribution < -0.4 is 10.5 Å². The van der Waals surface area contributed by atoms with E-state index < -0.39 is 18.0 Å². The van der Waals surface area contributed by atoms with Gasteiger partial charge in [-0.15, -0.1) is 10.2 Å². The van der Waals surface area contributed by atoms with Gasteiger partial charge in [0.1, 0.15) is 28.8 Å². The number of aromatic nitrogens is 4. The highest BCUT2D eigenvalue weighted by Crippen LogP contribution is 2.39. The minimum Gasteiger partial charge on any atom is -0.489 e. The van der Waals surface area contributed by atoms with Gasteiger partial charge >= 0.3 is 6.18 Å². The number of hydrogen-bond acceptors (Lipinski definition) is 6. The number of nitrogens with zero attached hydrogens (tertiary/aromatic N) is 5. The standard InChI is InChI=1S/C24H24F4N6O/c1-13(2)35-19-10-16(25)9-14-3-5-18(30-21(14)19)23-32-31-20-6-4-15(11-34(20)23)22(24(26,27)28)33-8-7-17(29)12-33/h3-6,9-11,13,17,22H,7-8,12,29H2,1-2H3/t17-,22-/m0/s1. The van der Waals surface area contributed by atoms with Crippen molar-refractivity contribution >= 4 is 16.6 Å². The van der Waals surface area contributed by atoms with Gasteiger partial charge in [0.2, 0.25) is 0 Å². The molecule has 184 valence electrons. The zero-order chi connectivity index (χ0) is 24.9. The van der Waals surface area contributed by atoms with Gasteiger partial charge in [-0.1, -0.05) is 12.1 Å². The first-order valence-corrected chi connectivity index (χ1v) is 11.3. The molecule has 1 fully saturated rings. The molecule has 35 heavy (non-hydrogen) atoms. The van der Waals surface area contributed by atoms with Crippen LogP contribution in [0.15, 0.2) is 42.6 Å². The first-order valence-electron chi connectivity index (χ1n) is 11.3. The number of fused-ring (bicyclic) bond motifs is 2. The molecule has 1 aliphatic heterocycles. The number of nitrogens with two attached hydrogens (primary N) is 1. The third-order valence-electron chi connectivity index (χ3n) is 5.99. The van der Waals surface area contributed by atoms with E-state index in [0.717, 1.165) is 0 Å². The summed E-state index contributed by atoms with van der Waals surface area (Å²) < 4.78 is 63.6. The quantitative estimate of drug-likeness (QED) is 0.417. The van der Waals surface area contributed by atoms with Crippen LogP contribution in [0.25, 0.3) is 28.1 Å². The van der Waals surface area contributed by atoms with Crippen molar-refractivity contribution in [3.05, 3.63) is 54.0 Å². The Morgan fingerprint density at radius 2 is 1.91 bits per heavy atom. The lowest BCUT2D eigenvalue weighted by molar-refractivity contribution is -0.183. The highest BCUT2D eigenvalue weighted by molar-refractivity contribution is 5.86. The molecular formula is C24H24F4N6O. The Hall–Kier alpha value is -3.31. The second kappa shape index (κ2) is 8.72. The molecule has 0 unspecified atom stereocenters. The summed E-state index contributed by atoms with van der Waals surface area (Å²) in [6, 6.07) is 6.73. The SMILES string of the molecule is CC(C)Oc1cc(F)cc2ccc(-c3nnc4ccc([C@H](N5CC[C@H](N)C5)C(F)(F)F)cn34)nc12. The summed E-state index contributed by atoms with van der Waals surface area (Å²) in [5, 5.41) is 8.80. The van der Waals surface area contributed by atoms with E-state index in [4.69, 9.17) is 10.5 Å². The maximum atomic E-state index is 14.1. The van der Waals surface area contributed by atoms with E-state index in [-0.39, 0.29) is 42.4 Å². The molecule has 7 nitrogen and oxygen atoms in total. The van der Waals surface area contributed by atoms with Crippen molar-refractivity contribution in [3.63, 3.8) is 0 Å². The minimum atomic E-state index is -4.49. The van der Waals surface area contributed by atoms with Crippen LogP contribution in [0, 0.1) is 5.82 Å². The number of benzene rings is 1. The number of ether oxygens (including phenoxy) is 1. The van der Waals surface area contributed by atoms with Crippen LogP contribution in [0.1, 0.15) is 31.9 Å². The van der Waals surface area contributed by atoms with Gasteiger partial charge in [-0.2, -0.15) is 13.2 Å². The predicted octanol–water partition coefficient (Wildman–Crippen LogP) is 4.51. The third-order valence-corrected chi connectivity index (χ3v) is 5.99. The molecule has 0 aliphatic carbocycles. The summed E-state index contributed by atoms with van der Waals surface area (Å²) in [4.78, 5) is 5.96. The number of pyridine rings is 2. The number of alkyl halides is 3. The maximum Gasteiger partial charge on any atom is 0.408 e. The minimum absolute atomic E-state index is 0.0619. The average Bonchev–Trinajstić information content (AvgIpc) is 3.38. The van der Waals surface area contributed by atoms with Crippen molar-refractivity contribution in [2.24, 2.45) is 5.73 Å². The van der Waals surface area contributed by atoms with Crippen LogP contribution in [0.5, 0.6) is 5.75 Å². The summed E-state index contributed by atoms with van der Waals surface area (Å²) in [5.74, 6) is 0.0802. The Labute approximate surface area is 198 Å². The van der Waals surface area contributed by atoms with Gasteiger partial charge in [-0.05, 0) is 44.0 Å². The predicted molar refractivity (Wildman–Crippen MR) is 122 cm³/mol. The van der Waals surface area contributed by atoms with Crippen molar-refractivity contribution < 1.29 is 22.3 Å². The highest BCUT2D eigenvalue weighted by Gasteiger charge is 2.46. The van der Waals surface area contributed by atoms with Gasteiger partial charge in [-0.25, -0.2) is 9.37 Å². The molecule has 4 aromatic rings. The smallest absolute Gasteiger partial charge is 0.408 e. The maximum absolute atomic E-state index is 14.1. The van der Waals surface area contributed by atoms with Crippen molar-refractivity contribution in [2.75, 3.05) is 13.1 Å². The molecule has 4 heterocycles. The molecule has 0 radical (unpaired) electrons. The molecule has 5 rings (SSSR count). The number of hydrogen-bond donors (Lipinski definition) is 1. The van der Waals surface area contributed by atoms with Gasteiger partial charge in [0.05, 0.1) is 6.10 Å². The van der Waals surface area contributed by atoms with Crippen LogP contribution in [-0.4, -0.2) is 55.9 Å². The molecule has 0 spiro atoms. The van der Waals surface area contributed by atoms with Crippen LogP contribution in [0.2, 0.25) is 0 Å². The number of rotatable bonds is 5.